The minimum atomic E-state index is -3.72. The summed E-state index contributed by atoms with van der Waals surface area (Å²) in [7, 11) is -2.17. The van der Waals surface area contributed by atoms with Crippen LogP contribution in [0.15, 0.2) is 58.8 Å². The number of thiazole rings is 1. The van der Waals surface area contributed by atoms with Gasteiger partial charge < -0.3 is 14.2 Å². The maximum Gasteiger partial charge on any atom is 0.243 e. The van der Waals surface area contributed by atoms with Crippen LogP contribution >= 0.6 is 11.3 Å². The summed E-state index contributed by atoms with van der Waals surface area (Å²) in [4.78, 5) is 7.11. The number of aryl methyl sites for hydroxylation is 1. The van der Waals surface area contributed by atoms with Crippen molar-refractivity contribution in [2.45, 2.75) is 25.0 Å². The number of benzene rings is 2. The molecular weight excluding hydrogens is 486 g/mol. The Morgan fingerprint density at radius 2 is 1.89 bits per heavy atom. The van der Waals surface area contributed by atoms with E-state index < -0.39 is 10.0 Å². The lowest BCUT2D eigenvalue weighted by molar-refractivity contribution is 0.0361. The molecule has 0 saturated carbocycles. The molecule has 2 heterocycles. The van der Waals surface area contributed by atoms with Gasteiger partial charge in [0.1, 0.15) is 23.1 Å². The lowest BCUT2D eigenvalue weighted by Crippen LogP contribution is -2.42. The Labute approximate surface area is 211 Å². The summed E-state index contributed by atoms with van der Waals surface area (Å²) in [5.74, 6) is 1.40. The van der Waals surface area contributed by atoms with E-state index >= 15 is 0 Å². The van der Waals surface area contributed by atoms with E-state index in [0.717, 1.165) is 29.4 Å². The molecule has 0 unspecified atom stereocenters. The third-order valence-corrected chi connectivity index (χ3v) is 8.49. The van der Waals surface area contributed by atoms with Gasteiger partial charge in [-0.2, -0.15) is 4.31 Å². The van der Waals surface area contributed by atoms with E-state index in [1.165, 1.54) is 15.6 Å². The molecule has 2 aromatic carbocycles. The number of sulfonamides is 1. The summed E-state index contributed by atoms with van der Waals surface area (Å²) < 4.78 is 45.1. The van der Waals surface area contributed by atoms with Crippen molar-refractivity contribution in [3.63, 3.8) is 0 Å². The van der Waals surface area contributed by atoms with Gasteiger partial charge in [-0.1, -0.05) is 12.1 Å². The SMILES string of the molecule is COc1ccc(S(=O)(=O)N(CCN2CCOCC2)Cc2csc(COc3cccc(C)c3)n2)cc1. The number of rotatable bonds is 11. The zero-order valence-corrected chi connectivity index (χ0v) is 21.7. The Morgan fingerprint density at radius 3 is 2.60 bits per heavy atom. The second kappa shape index (κ2) is 12.0. The molecule has 0 atom stereocenters. The first-order chi connectivity index (χ1) is 16.9. The molecule has 3 aromatic rings. The highest BCUT2D eigenvalue weighted by Gasteiger charge is 2.26. The van der Waals surface area contributed by atoms with Gasteiger partial charge in [0.25, 0.3) is 0 Å². The third-order valence-electron chi connectivity index (χ3n) is 5.76. The number of nitrogens with zero attached hydrogens (tertiary/aromatic N) is 3. The Morgan fingerprint density at radius 1 is 1.11 bits per heavy atom. The number of hydrogen-bond donors (Lipinski definition) is 0. The van der Waals surface area contributed by atoms with Crippen molar-refractivity contribution in [3.8, 4) is 11.5 Å². The summed E-state index contributed by atoms with van der Waals surface area (Å²) in [5, 5.41) is 2.71. The lowest BCUT2D eigenvalue weighted by atomic mass is 10.2. The van der Waals surface area contributed by atoms with Crippen LogP contribution in [-0.4, -0.2) is 69.1 Å². The summed E-state index contributed by atoms with van der Waals surface area (Å²) in [6, 6.07) is 14.3. The van der Waals surface area contributed by atoms with Crippen molar-refractivity contribution in [2.75, 3.05) is 46.5 Å². The van der Waals surface area contributed by atoms with Crippen LogP contribution in [0.3, 0.4) is 0 Å². The molecule has 0 spiro atoms. The molecule has 10 heteroatoms. The van der Waals surface area contributed by atoms with E-state index in [4.69, 9.17) is 14.2 Å². The quantitative estimate of drug-likeness (QED) is 0.385. The van der Waals surface area contributed by atoms with Crippen LogP contribution in [-0.2, 0) is 27.9 Å². The second-order valence-corrected chi connectivity index (χ2v) is 11.2. The number of methoxy groups -OCH3 is 1. The molecule has 8 nitrogen and oxygen atoms in total. The topological polar surface area (TPSA) is 81.2 Å². The number of ether oxygens (including phenoxy) is 3. The first kappa shape index (κ1) is 25.6. The Hall–Kier alpha value is -2.50. The fraction of sp³-hybridized carbons (Fsp3) is 0.400. The minimum Gasteiger partial charge on any atom is -0.497 e. The highest BCUT2D eigenvalue weighted by atomic mass is 32.2. The highest BCUT2D eigenvalue weighted by Crippen LogP contribution is 2.23. The van der Waals surface area contributed by atoms with Crippen molar-refractivity contribution in [3.05, 3.63) is 70.2 Å². The van der Waals surface area contributed by atoms with Crippen LogP contribution in [0.4, 0.5) is 0 Å². The van der Waals surface area contributed by atoms with Gasteiger partial charge in [-0.05, 0) is 48.9 Å². The van der Waals surface area contributed by atoms with Crippen LogP contribution in [0.25, 0.3) is 0 Å². The Bertz CT molecular complexity index is 1190. The van der Waals surface area contributed by atoms with Crippen molar-refractivity contribution in [1.82, 2.24) is 14.2 Å². The number of morpholine rings is 1. The maximum absolute atomic E-state index is 13.6. The maximum atomic E-state index is 13.6. The standard InChI is InChI=1S/C25H31N3O5S2/c1-20-4-3-5-23(16-20)33-18-25-26-21(19-34-25)17-28(11-10-27-12-14-32-15-13-27)35(29,30)24-8-6-22(31-2)7-9-24/h3-9,16,19H,10-15,17-18H2,1-2H3. The molecule has 0 aliphatic carbocycles. The molecule has 1 aliphatic rings. The Kier molecular flexibility index (Phi) is 8.74. The van der Waals surface area contributed by atoms with Crippen molar-refractivity contribution in [2.24, 2.45) is 0 Å². The summed E-state index contributed by atoms with van der Waals surface area (Å²) in [6.45, 7) is 6.48. The van der Waals surface area contributed by atoms with E-state index in [1.54, 1.807) is 31.4 Å². The average Bonchev–Trinajstić information content (AvgIpc) is 3.33. The van der Waals surface area contributed by atoms with Crippen LogP contribution in [0.5, 0.6) is 11.5 Å². The highest BCUT2D eigenvalue weighted by molar-refractivity contribution is 7.89. The van der Waals surface area contributed by atoms with Gasteiger partial charge in [0.05, 0.1) is 37.5 Å². The average molecular weight is 518 g/mol. The molecule has 0 amide bonds. The van der Waals surface area contributed by atoms with E-state index in [1.807, 2.05) is 36.6 Å². The van der Waals surface area contributed by atoms with E-state index in [9.17, 15) is 8.42 Å². The number of aromatic nitrogens is 1. The van der Waals surface area contributed by atoms with Crippen molar-refractivity contribution in [1.29, 1.82) is 0 Å². The monoisotopic (exact) mass is 517 g/mol. The van der Waals surface area contributed by atoms with Gasteiger partial charge in [0.2, 0.25) is 10.0 Å². The van der Waals surface area contributed by atoms with Crippen LogP contribution in [0.1, 0.15) is 16.3 Å². The molecule has 1 saturated heterocycles. The Balaban J connectivity index is 1.47. The molecule has 35 heavy (non-hydrogen) atoms. The van der Waals surface area contributed by atoms with Crippen LogP contribution in [0.2, 0.25) is 0 Å². The molecule has 0 bridgehead atoms. The smallest absolute Gasteiger partial charge is 0.243 e. The molecule has 0 N–H and O–H groups in total. The normalized spacial score (nSPS) is 14.8. The van der Waals surface area contributed by atoms with E-state index in [0.29, 0.717) is 44.4 Å². The zero-order chi connectivity index (χ0) is 24.7. The molecule has 188 valence electrons. The largest absolute Gasteiger partial charge is 0.497 e. The first-order valence-electron chi connectivity index (χ1n) is 11.5. The molecule has 1 aromatic heterocycles. The van der Waals surface area contributed by atoms with Crippen molar-refractivity contribution < 1.29 is 22.6 Å². The predicted molar refractivity (Wildman–Crippen MR) is 135 cm³/mol. The summed E-state index contributed by atoms with van der Waals surface area (Å²) in [6.07, 6.45) is 0. The molecule has 4 rings (SSSR count). The van der Waals surface area contributed by atoms with E-state index in [-0.39, 0.29) is 11.4 Å². The van der Waals surface area contributed by atoms with Gasteiger partial charge in [-0.25, -0.2) is 13.4 Å². The minimum absolute atomic E-state index is 0.194. The molecule has 1 fully saturated rings. The lowest BCUT2D eigenvalue weighted by Gasteiger charge is -2.29. The van der Waals surface area contributed by atoms with Gasteiger partial charge in [0, 0.05) is 31.6 Å². The molecular formula is C25H31N3O5S2. The van der Waals surface area contributed by atoms with Gasteiger partial charge >= 0.3 is 0 Å². The fourth-order valence-electron chi connectivity index (χ4n) is 3.78. The third kappa shape index (κ3) is 7.02. The van der Waals surface area contributed by atoms with Crippen molar-refractivity contribution >= 4 is 21.4 Å². The predicted octanol–water partition coefficient (Wildman–Crippen LogP) is 3.56. The molecule has 1 aliphatic heterocycles. The van der Waals surface area contributed by atoms with Gasteiger partial charge in [-0.15, -0.1) is 11.3 Å². The van der Waals surface area contributed by atoms with E-state index in [2.05, 4.69) is 9.88 Å². The van der Waals surface area contributed by atoms with Crippen LogP contribution in [0, 0.1) is 6.92 Å². The second-order valence-electron chi connectivity index (χ2n) is 8.31. The molecule has 0 radical (unpaired) electrons. The van der Waals surface area contributed by atoms with Gasteiger partial charge in [-0.3, -0.25) is 4.90 Å². The van der Waals surface area contributed by atoms with Crippen LogP contribution < -0.4 is 9.47 Å². The summed E-state index contributed by atoms with van der Waals surface area (Å²) in [5.41, 5.74) is 1.83. The number of hydrogen-bond acceptors (Lipinski definition) is 8. The summed E-state index contributed by atoms with van der Waals surface area (Å²) >= 11 is 1.47. The zero-order valence-electron chi connectivity index (χ0n) is 20.1. The fourth-order valence-corrected chi connectivity index (χ4v) is 5.88. The first-order valence-corrected chi connectivity index (χ1v) is 13.8. The van der Waals surface area contributed by atoms with Gasteiger partial charge in [0.15, 0.2) is 0 Å².